The van der Waals surface area contributed by atoms with Crippen molar-refractivity contribution in [3.63, 3.8) is 0 Å². The van der Waals surface area contributed by atoms with Gasteiger partial charge >= 0.3 is 0 Å². The smallest absolute Gasteiger partial charge is 0.242 e. The van der Waals surface area contributed by atoms with Crippen LogP contribution in [0.15, 0.2) is 35.5 Å². The number of halogens is 1. The van der Waals surface area contributed by atoms with Crippen molar-refractivity contribution in [2.24, 2.45) is 5.84 Å². The third kappa shape index (κ3) is 3.88. The predicted molar refractivity (Wildman–Crippen MR) is 80.1 cm³/mol. The van der Waals surface area contributed by atoms with E-state index in [0.29, 0.717) is 0 Å². The number of nitrogens with two attached hydrogens (primary N) is 1. The number of nitrogens with one attached hydrogen (secondary N) is 2. The molecule has 0 aromatic carbocycles. The van der Waals surface area contributed by atoms with Crippen molar-refractivity contribution in [3.05, 3.63) is 46.9 Å². The first-order chi connectivity index (χ1) is 9.92. The summed E-state index contributed by atoms with van der Waals surface area (Å²) in [5, 5.41) is 0.123. The molecule has 0 bridgehead atoms. The fraction of sp³-hybridized carbons (Fsp3) is 0.167. The Balaban J connectivity index is 2.14. The van der Waals surface area contributed by atoms with Gasteiger partial charge in [0, 0.05) is 24.6 Å². The monoisotopic (exact) mass is 327 g/mol. The lowest BCUT2D eigenvalue weighted by Gasteiger charge is -2.08. The normalized spacial score (nSPS) is 11.4. The molecule has 0 fully saturated rings. The summed E-state index contributed by atoms with van der Waals surface area (Å²) in [4.78, 5) is 7.89. The fourth-order valence-corrected chi connectivity index (χ4v) is 2.81. The maximum atomic E-state index is 12.1. The lowest BCUT2D eigenvalue weighted by Crippen LogP contribution is -2.23. The molecule has 0 aliphatic rings. The molecule has 0 saturated heterocycles. The van der Waals surface area contributed by atoms with Gasteiger partial charge in [0.2, 0.25) is 10.0 Å². The van der Waals surface area contributed by atoms with E-state index in [1.165, 1.54) is 12.3 Å². The Hall–Kier alpha value is -1.74. The molecule has 0 aliphatic carbocycles. The van der Waals surface area contributed by atoms with E-state index in [4.69, 9.17) is 17.4 Å². The molecule has 112 valence electrons. The number of aromatic nitrogens is 2. The minimum atomic E-state index is -3.71. The van der Waals surface area contributed by atoms with Gasteiger partial charge in [-0.2, -0.15) is 0 Å². The Morgan fingerprint density at radius 2 is 2.05 bits per heavy atom. The number of anilines is 1. The highest BCUT2D eigenvalue weighted by Crippen LogP contribution is 2.21. The minimum Gasteiger partial charge on any atom is -0.307 e. The number of sulfonamides is 1. The largest absolute Gasteiger partial charge is 0.307 e. The summed E-state index contributed by atoms with van der Waals surface area (Å²) in [7, 11) is -3.71. The number of rotatable bonds is 5. The Morgan fingerprint density at radius 3 is 2.62 bits per heavy atom. The number of nitrogens with zero attached hydrogens (tertiary/aromatic N) is 2. The van der Waals surface area contributed by atoms with Crippen LogP contribution >= 0.6 is 11.6 Å². The molecule has 7 nitrogen and oxygen atoms in total. The van der Waals surface area contributed by atoms with Gasteiger partial charge in [-0.15, -0.1) is 0 Å². The number of nitrogen functional groups attached to an aromatic ring is 1. The van der Waals surface area contributed by atoms with Gasteiger partial charge in [0.25, 0.3) is 0 Å². The van der Waals surface area contributed by atoms with Crippen LogP contribution in [0.5, 0.6) is 0 Å². The summed E-state index contributed by atoms with van der Waals surface area (Å²) in [5.74, 6) is 5.39. The van der Waals surface area contributed by atoms with Crippen molar-refractivity contribution in [1.29, 1.82) is 0 Å². The second-order valence-corrected chi connectivity index (χ2v) is 6.45. The third-order valence-corrected chi connectivity index (χ3v) is 4.36. The van der Waals surface area contributed by atoms with Crippen molar-refractivity contribution in [2.45, 2.75) is 18.4 Å². The molecule has 0 amide bonds. The zero-order valence-electron chi connectivity index (χ0n) is 11.2. The Labute approximate surface area is 127 Å². The molecule has 0 radical (unpaired) electrons. The van der Waals surface area contributed by atoms with Crippen molar-refractivity contribution < 1.29 is 8.42 Å². The van der Waals surface area contributed by atoms with E-state index < -0.39 is 10.0 Å². The standard InChI is InChI=1S/C12H14ClN5O2S/c1-8-2-3-9(5-15-8)6-17-21(19,20)10-4-11(13)12(18-14)16-7-10/h2-5,7,17H,6,14H2,1H3,(H,16,18). The second-order valence-electron chi connectivity index (χ2n) is 4.28. The average molecular weight is 328 g/mol. The van der Waals surface area contributed by atoms with E-state index >= 15 is 0 Å². The molecule has 2 aromatic heterocycles. The van der Waals surface area contributed by atoms with Crippen LogP contribution in [0.4, 0.5) is 5.82 Å². The molecule has 9 heteroatoms. The highest BCUT2D eigenvalue weighted by molar-refractivity contribution is 7.89. The van der Waals surface area contributed by atoms with Gasteiger partial charge in [-0.1, -0.05) is 17.7 Å². The lowest BCUT2D eigenvalue weighted by atomic mass is 10.2. The Bertz CT molecular complexity index is 734. The molecule has 0 saturated carbocycles. The molecule has 0 aliphatic heterocycles. The maximum Gasteiger partial charge on any atom is 0.242 e. The maximum absolute atomic E-state index is 12.1. The first kappa shape index (κ1) is 15.6. The minimum absolute atomic E-state index is 0.0356. The van der Waals surface area contributed by atoms with E-state index in [1.54, 1.807) is 12.3 Å². The zero-order chi connectivity index (χ0) is 15.5. The van der Waals surface area contributed by atoms with Gasteiger partial charge in [-0.25, -0.2) is 24.0 Å². The fourth-order valence-electron chi connectivity index (χ4n) is 1.54. The highest BCUT2D eigenvalue weighted by atomic mass is 35.5. The van der Waals surface area contributed by atoms with Crippen LogP contribution in [0.1, 0.15) is 11.3 Å². The Morgan fingerprint density at radius 1 is 1.29 bits per heavy atom. The summed E-state index contributed by atoms with van der Waals surface area (Å²) in [6.07, 6.45) is 2.79. The summed E-state index contributed by atoms with van der Waals surface area (Å²) in [6, 6.07) is 4.89. The number of hydrogen-bond donors (Lipinski definition) is 3. The van der Waals surface area contributed by atoms with Gasteiger partial charge in [0.05, 0.1) is 5.02 Å². The van der Waals surface area contributed by atoms with E-state index in [2.05, 4.69) is 20.1 Å². The SMILES string of the molecule is Cc1ccc(CNS(=O)(=O)c2cnc(NN)c(Cl)c2)cn1. The van der Waals surface area contributed by atoms with E-state index in [0.717, 1.165) is 11.3 Å². The molecule has 0 unspecified atom stereocenters. The Kier molecular flexibility index (Phi) is 4.73. The van der Waals surface area contributed by atoms with E-state index in [1.807, 2.05) is 13.0 Å². The first-order valence-corrected chi connectivity index (χ1v) is 7.82. The van der Waals surface area contributed by atoms with Gasteiger partial charge in [-0.05, 0) is 24.6 Å². The van der Waals surface area contributed by atoms with Crippen LogP contribution < -0.4 is 16.0 Å². The van der Waals surface area contributed by atoms with Crippen molar-refractivity contribution >= 4 is 27.4 Å². The summed E-state index contributed by atoms with van der Waals surface area (Å²) in [5.41, 5.74) is 3.89. The van der Waals surface area contributed by atoms with Gasteiger partial charge in [0.15, 0.2) is 5.82 Å². The molecule has 2 rings (SSSR count). The molecular weight excluding hydrogens is 314 g/mol. The van der Waals surface area contributed by atoms with E-state index in [-0.39, 0.29) is 22.3 Å². The van der Waals surface area contributed by atoms with Crippen LogP contribution in [0, 0.1) is 6.92 Å². The van der Waals surface area contributed by atoms with Gasteiger partial charge < -0.3 is 5.43 Å². The number of hydrazine groups is 1. The number of pyridine rings is 2. The molecule has 4 N–H and O–H groups in total. The van der Waals surface area contributed by atoms with Gasteiger partial charge in [-0.3, -0.25) is 4.98 Å². The zero-order valence-corrected chi connectivity index (χ0v) is 12.7. The quantitative estimate of drug-likeness (QED) is 0.562. The van der Waals surface area contributed by atoms with Crippen molar-refractivity contribution in [3.8, 4) is 0 Å². The van der Waals surface area contributed by atoms with Crippen LogP contribution in [0.2, 0.25) is 5.02 Å². The number of hydrogen-bond acceptors (Lipinski definition) is 6. The van der Waals surface area contributed by atoms with Crippen LogP contribution in [0.3, 0.4) is 0 Å². The molecule has 0 spiro atoms. The third-order valence-electron chi connectivity index (χ3n) is 2.70. The summed E-state index contributed by atoms with van der Waals surface area (Å²) in [6.45, 7) is 1.98. The number of aryl methyl sites for hydroxylation is 1. The van der Waals surface area contributed by atoms with Crippen molar-refractivity contribution in [2.75, 3.05) is 5.43 Å². The molecule has 2 heterocycles. The van der Waals surface area contributed by atoms with E-state index in [9.17, 15) is 8.42 Å². The lowest BCUT2D eigenvalue weighted by molar-refractivity contribution is 0.581. The topological polar surface area (TPSA) is 110 Å². The molecule has 0 atom stereocenters. The molecule has 2 aromatic rings. The second kappa shape index (κ2) is 6.35. The summed E-state index contributed by atoms with van der Waals surface area (Å²) >= 11 is 5.86. The van der Waals surface area contributed by atoms with Crippen molar-refractivity contribution in [1.82, 2.24) is 14.7 Å². The van der Waals surface area contributed by atoms with Crippen LogP contribution in [-0.4, -0.2) is 18.4 Å². The highest BCUT2D eigenvalue weighted by Gasteiger charge is 2.16. The summed E-state index contributed by atoms with van der Waals surface area (Å²) < 4.78 is 26.7. The molecule has 21 heavy (non-hydrogen) atoms. The first-order valence-electron chi connectivity index (χ1n) is 5.96. The van der Waals surface area contributed by atoms with Crippen LogP contribution in [-0.2, 0) is 16.6 Å². The predicted octanol–water partition coefficient (Wildman–Crippen LogP) is 1.20. The van der Waals surface area contributed by atoms with Crippen LogP contribution in [0.25, 0.3) is 0 Å². The average Bonchev–Trinajstić information content (AvgIpc) is 2.46. The van der Waals surface area contributed by atoms with Gasteiger partial charge in [0.1, 0.15) is 4.90 Å². The molecular formula is C12H14ClN5O2S.